The van der Waals surface area contributed by atoms with Crippen molar-refractivity contribution in [3.63, 3.8) is 0 Å². The third kappa shape index (κ3) is 3.06. The van der Waals surface area contributed by atoms with Crippen LogP contribution in [0.2, 0.25) is 10.0 Å². The SMILES string of the molecule is COc1cc(Cl)c(S(=O)(=O)N2CCc3ccccc3C2)cc1Cl. The molecule has 0 unspecified atom stereocenters. The second-order valence-corrected chi connectivity index (χ2v) is 8.00. The second-order valence-electron chi connectivity index (χ2n) is 5.27. The summed E-state index contributed by atoms with van der Waals surface area (Å²) in [4.78, 5) is 0.00403. The molecule has 4 nitrogen and oxygen atoms in total. The van der Waals surface area contributed by atoms with E-state index in [0.29, 0.717) is 25.3 Å². The lowest BCUT2D eigenvalue weighted by Crippen LogP contribution is -2.36. The Morgan fingerprint density at radius 2 is 1.78 bits per heavy atom. The van der Waals surface area contributed by atoms with Gasteiger partial charge in [0.1, 0.15) is 10.6 Å². The van der Waals surface area contributed by atoms with Crippen LogP contribution in [0.5, 0.6) is 5.75 Å². The lowest BCUT2D eigenvalue weighted by atomic mass is 10.0. The first-order valence-corrected chi connectivity index (χ1v) is 9.23. The highest BCUT2D eigenvalue weighted by atomic mass is 35.5. The summed E-state index contributed by atoms with van der Waals surface area (Å²) in [6.45, 7) is 0.748. The molecular formula is C16H15Cl2NO3S. The normalized spacial score (nSPS) is 15.3. The van der Waals surface area contributed by atoms with Gasteiger partial charge in [-0.25, -0.2) is 8.42 Å². The Hall–Kier alpha value is -1.27. The summed E-state index contributed by atoms with van der Waals surface area (Å²) in [7, 11) is -2.27. The molecule has 7 heteroatoms. The molecule has 2 aromatic carbocycles. The predicted octanol–water partition coefficient (Wildman–Crippen LogP) is 3.75. The Kier molecular flexibility index (Phi) is 4.56. The predicted molar refractivity (Wildman–Crippen MR) is 90.8 cm³/mol. The van der Waals surface area contributed by atoms with Gasteiger partial charge in [0.25, 0.3) is 0 Å². The van der Waals surface area contributed by atoms with E-state index in [1.54, 1.807) is 0 Å². The third-order valence-corrected chi connectivity index (χ3v) is 6.52. The van der Waals surface area contributed by atoms with Crippen LogP contribution in [0.3, 0.4) is 0 Å². The van der Waals surface area contributed by atoms with Gasteiger partial charge in [0.15, 0.2) is 0 Å². The van der Waals surface area contributed by atoms with Crippen LogP contribution in [-0.2, 0) is 23.0 Å². The third-order valence-electron chi connectivity index (χ3n) is 3.92. The number of rotatable bonds is 3. The topological polar surface area (TPSA) is 46.6 Å². The van der Waals surface area contributed by atoms with Crippen molar-refractivity contribution in [3.05, 3.63) is 57.6 Å². The Morgan fingerprint density at radius 3 is 2.48 bits per heavy atom. The average Bonchev–Trinajstić information content (AvgIpc) is 2.56. The molecule has 0 atom stereocenters. The van der Waals surface area contributed by atoms with Crippen LogP contribution < -0.4 is 4.74 Å². The maximum Gasteiger partial charge on any atom is 0.244 e. The van der Waals surface area contributed by atoms with Crippen molar-refractivity contribution in [1.82, 2.24) is 4.31 Å². The molecule has 0 amide bonds. The lowest BCUT2D eigenvalue weighted by Gasteiger charge is -2.28. The first-order valence-electron chi connectivity index (χ1n) is 7.03. The summed E-state index contributed by atoms with van der Waals surface area (Å²) < 4.78 is 32.3. The zero-order valence-corrected chi connectivity index (χ0v) is 14.7. The van der Waals surface area contributed by atoms with E-state index in [1.807, 2.05) is 24.3 Å². The number of methoxy groups -OCH3 is 1. The first-order chi connectivity index (χ1) is 10.9. The molecule has 0 saturated carbocycles. The average molecular weight is 372 g/mol. The van der Waals surface area contributed by atoms with Gasteiger partial charge in [0.05, 0.1) is 17.2 Å². The van der Waals surface area contributed by atoms with Crippen molar-refractivity contribution < 1.29 is 13.2 Å². The van der Waals surface area contributed by atoms with Crippen LogP contribution in [0.25, 0.3) is 0 Å². The Labute approximate surface area is 145 Å². The van der Waals surface area contributed by atoms with Gasteiger partial charge in [0, 0.05) is 19.2 Å². The largest absolute Gasteiger partial charge is 0.495 e. The van der Waals surface area contributed by atoms with E-state index < -0.39 is 10.0 Å². The molecule has 0 radical (unpaired) electrons. The van der Waals surface area contributed by atoms with Crippen molar-refractivity contribution in [2.75, 3.05) is 13.7 Å². The number of benzene rings is 2. The number of sulfonamides is 1. The van der Waals surface area contributed by atoms with Gasteiger partial charge < -0.3 is 4.74 Å². The molecule has 0 N–H and O–H groups in total. The molecule has 1 heterocycles. The van der Waals surface area contributed by atoms with Crippen LogP contribution in [0, 0.1) is 0 Å². The summed E-state index contributed by atoms with van der Waals surface area (Å²) in [5.41, 5.74) is 2.19. The van der Waals surface area contributed by atoms with E-state index in [2.05, 4.69) is 0 Å². The van der Waals surface area contributed by atoms with Gasteiger partial charge >= 0.3 is 0 Å². The summed E-state index contributed by atoms with van der Waals surface area (Å²) in [6.07, 6.45) is 0.677. The minimum absolute atomic E-state index is 0.00403. The number of fused-ring (bicyclic) bond motifs is 1. The van der Waals surface area contributed by atoms with E-state index in [4.69, 9.17) is 27.9 Å². The molecular weight excluding hydrogens is 357 g/mol. The van der Waals surface area contributed by atoms with Crippen LogP contribution in [-0.4, -0.2) is 26.4 Å². The Bertz CT molecular complexity index is 852. The summed E-state index contributed by atoms with van der Waals surface area (Å²) in [6, 6.07) is 10.6. The zero-order valence-electron chi connectivity index (χ0n) is 12.4. The summed E-state index contributed by atoms with van der Waals surface area (Å²) in [5, 5.41) is 0.318. The summed E-state index contributed by atoms with van der Waals surface area (Å²) >= 11 is 12.2. The maximum absolute atomic E-state index is 12.9. The molecule has 1 aliphatic heterocycles. The molecule has 1 aliphatic rings. The fourth-order valence-electron chi connectivity index (χ4n) is 2.68. The lowest BCUT2D eigenvalue weighted by molar-refractivity contribution is 0.391. The van der Waals surface area contributed by atoms with Crippen LogP contribution in [0.4, 0.5) is 0 Å². The van der Waals surface area contributed by atoms with Gasteiger partial charge in [-0.15, -0.1) is 0 Å². The van der Waals surface area contributed by atoms with Gasteiger partial charge in [-0.1, -0.05) is 47.5 Å². The van der Waals surface area contributed by atoms with Crippen LogP contribution >= 0.6 is 23.2 Å². The highest BCUT2D eigenvalue weighted by Crippen LogP contribution is 2.35. The molecule has 23 heavy (non-hydrogen) atoms. The first kappa shape index (κ1) is 16.6. The minimum Gasteiger partial charge on any atom is -0.495 e. The highest BCUT2D eigenvalue weighted by Gasteiger charge is 2.30. The number of halogens is 2. The monoisotopic (exact) mass is 371 g/mol. The smallest absolute Gasteiger partial charge is 0.244 e. The number of nitrogens with zero attached hydrogens (tertiary/aromatic N) is 1. The molecule has 0 aliphatic carbocycles. The van der Waals surface area contributed by atoms with E-state index in [9.17, 15) is 8.42 Å². The molecule has 122 valence electrons. The molecule has 0 aromatic heterocycles. The standard InChI is InChI=1S/C16H15Cl2NO3S/c1-22-15-8-14(18)16(9-13(15)17)23(20,21)19-7-6-11-4-2-3-5-12(11)10-19/h2-5,8-9H,6-7,10H2,1H3. The minimum atomic E-state index is -3.72. The molecule has 0 bridgehead atoms. The van der Waals surface area contributed by atoms with Crippen molar-refractivity contribution in [2.24, 2.45) is 0 Å². The van der Waals surface area contributed by atoms with Crippen molar-refractivity contribution in [3.8, 4) is 5.75 Å². The van der Waals surface area contributed by atoms with Crippen molar-refractivity contribution in [2.45, 2.75) is 17.9 Å². The van der Waals surface area contributed by atoms with E-state index in [-0.39, 0.29) is 14.9 Å². The van der Waals surface area contributed by atoms with Crippen molar-refractivity contribution >= 4 is 33.2 Å². The zero-order chi connectivity index (χ0) is 16.6. The van der Waals surface area contributed by atoms with Gasteiger partial charge in [0.2, 0.25) is 10.0 Å². The van der Waals surface area contributed by atoms with Crippen LogP contribution in [0.1, 0.15) is 11.1 Å². The number of hydrogen-bond donors (Lipinski definition) is 0. The highest BCUT2D eigenvalue weighted by molar-refractivity contribution is 7.89. The van der Waals surface area contributed by atoms with E-state index in [1.165, 1.54) is 29.1 Å². The quantitative estimate of drug-likeness (QED) is 0.825. The molecule has 2 aromatic rings. The fourth-order valence-corrected chi connectivity index (χ4v) is 4.92. The number of ether oxygens (including phenoxy) is 1. The molecule has 0 fully saturated rings. The summed E-state index contributed by atoms with van der Waals surface area (Å²) in [5.74, 6) is 0.347. The molecule has 3 rings (SSSR count). The van der Waals surface area contributed by atoms with E-state index in [0.717, 1.165) is 5.56 Å². The van der Waals surface area contributed by atoms with Gasteiger partial charge in [-0.2, -0.15) is 4.31 Å². The second kappa shape index (κ2) is 6.32. The molecule has 0 spiro atoms. The maximum atomic E-state index is 12.9. The number of hydrogen-bond acceptors (Lipinski definition) is 3. The Morgan fingerprint density at radius 1 is 1.09 bits per heavy atom. The fraction of sp³-hybridized carbons (Fsp3) is 0.250. The van der Waals surface area contributed by atoms with Crippen LogP contribution in [0.15, 0.2) is 41.3 Å². The Balaban J connectivity index is 1.99. The van der Waals surface area contributed by atoms with Gasteiger partial charge in [-0.05, 0) is 23.6 Å². The van der Waals surface area contributed by atoms with Crippen molar-refractivity contribution in [1.29, 1.82) is 0 Å². The molecule has 0 saturated heterocycles. The van der Waals surface area contributed by atoms with E-state index >= 15 is 0 Å². The van der Waals surface area contributed by atoms with Gasteiger partial charge in [-0.3, -0.25) is 0 Å².